The Bertz CT molecular complexity index is 553. The molecule has 2 unspecified atom stereocenters. The number of hydrogen-bond acceptors (Lipinski definition) is 3. The second kappa shape index (κ2) is 3.91. The third-order valence-electron chi connectivity index (χ3n) is 3.40. The molecule has 17 heavy (non-hydrogen) atoms. The topological polar surface area (TPSA) is 34.1 Å². The normalized spacial score (nSPS) is 22.5. The van der Waals surface area contributed by atoms with E-state index in [-0.39, 0.29) is 0 Å². The number of pyridine rings is 1. The summed E-state index contributed by atoms with van der Waals surface area (Å²) in [5, 5.41) is 5.82. The fourth-order valence-electron chi connectivity index (χ4n) is 2.09. The quantitative estimate of drug-likeness (QED) is 0.876. The lowest BCUT2D eigenvalue weighted by Gasteiger charge is -2.09. The Labute approximate surface area is 101 Å². The van der Waals surface area contributed by atoms with Crippen LogP contribution in [0.5, 0.6) is 5.75 Å². The van der Waals surface area contributed by atoms with Gasteiger partial charge in [0.15, 0.2) is 0 Å². The van der Waals surface area contributed by atoms with E-state index in [4.69, 9.17) is 4.74 Å². The molecule has 2 atom stereocenters. The highest BCUT2D eigenvalue weighted by Crippen LogP contribution is 2.34. The fraction of sp³-hybridized carbons (Fsp3) is 0.357. The molecule has 1 heterocycles. The molecule has 1 aliphatic rings. The molecule has 1 aliphatic carbocycles. The Balaban J connectivity index is 2.03. The summed E-state index contributed by atoms with van der Waals surface area (Å²) in [6.45, 7) is 2.25. The van der Waals surface area contributed by atoms with Crippen molar-refractivity contribution in [2.45, 2.75) is 19.4 Å². The van der Waals surface area contributed by atoms with E-state index in [9.17, 15) is 0 Å². The monoisotopic (exact) mass is 228 g/mol. The summed E-state index contributed by atoms with van der Waals surface area (Å²) >= 11 is 0. The number of methoxy groups -OCH3 is 1. The lowest BCUT2D eigenvalue weighted by molar-refractivity contribution is 0.415. The van der Waals surface area contributed by atoms with E-state index in [1.54, 1.807) is 7.11 Å². The van der Waals surface area contributed by atoms with E-state index in [0.29, 0.717) is 6.04 Å². The van der Waals surface area contributed by atoms with Gasteiger partial charge in [0.25, 0.3) is 0 Å². The van der Waals surface area contributed by atoms with Crippen molar-refractivity contribution in [1.82, 2.24) is 4.98 Å². The fourth-order valence-corrected chi connectivity index (χ4v) is 2.09. The zero-order chi connectivity index (χ0) is 11.8. The van der Waals surface area contributed by atoms with E-state index in [2.05, 4.69) is 23.3 Å². The smallest absolute Gasteiger partial charge is 0.134 e. The highest BCUT2D eigenvalue weighted by molar-refractivity contribution is 5.92. The number of ether oxygens (including phenoxy) is 1. The van der Waals surface area contributed by atoms with Crippen LogP contribution in [0.1, 0.15) is 13.3 Å². The molecule has 0 aliphatic heterocycles. The van der Waals surface area contributed by atoms with Gasteiger partial charge in [0, 0.05) is 17.6 Å². The van der Waals surface area contributed by atoms with Gasteiger partial charge in [0.05, 0.1) is 7.11 Å². The second-order valence-electron chi connectivity index (χ2n) is 4.71. The van der Waals surface area contributed by atoms with Crippen LogP contribution in [0.4, 0.5) is 5.82 Å². The highest BCUT2D eigenvalue weighted by atomic mass is 16.5. The minimum Gasteiger partial charge on any atom is -0.497 e. The van der Waals surface area contributed by atoms with Crippen LogP contribution in [0.2, 0.25) is 0 Å². The summed E-state index contributed by atoms with van der Waals surface area (Å²) in [5.74, 6) is 2.60. The molecule has 1 aromatic carbocycles. The summed E-state index contributed by atoms with van der Waals surface area (Å²) < 4.78 is 5.26. The average molecular weight is 228 g/mol. The number of rotatable bonds is 3. The number of aromatic nitrogens is 1. The number of nitrogens with zero attached hydrogens (tertiary/aromatic N) is 1. The first-order valence-corrected chi connectivity index (χ1v) is 5.97. The van der Waals surface area contributed by atoms with Crippen LogP contribution in [0.3, 0.4) is 0 Å². The van der Waals surface area contributed by atoms with Gasteiger partial charge in [-0.2, -0.15) is 0 Å². The molecule has 0 saturated heterocycles. The molecule has 1 N–H and O–H groups in total. The third-order valence-corrected chi connectivity index (χ3v) is 3.40. The van der Waals surface area contributed by atoms with Crippen molar-refractivity contribution in [3.63, 3.8) is 0 Å². The van der Waals surface area contributed by atoms with Gasteiger partial charge in [-0.3, -0.25) is 0 Å². The predicted molar refractivity (Wildman–Crippen MR) is 69.5 cm³/mol. The zero-order valence-electron chi connectivity index (χ0n) is 10.1. The van der Waals surface area contributed by atoms with Crippen molar-refractivity contribution in [1.29, 1.82) is 0 Å². The van der Waals surface area contributed by atoms with Crippen LogP contribution < -0.4 is 10.1 Å². The summed E-state index contributed by atoms with van der Waals surface area (Å²) in [6.07, 6.45) is 3.09. The van der Waals surface area contributed by atoms with Gasteiger partial charge < -0.3 is 10.1 Å². The van der Waals surface area contributed by atoms with Crippen molar-refractivity contribution in [3.05, 3.63) is 30.5 Å². The lowest BCUT2D eigenvalue weighted by Crippen LogP contribution is -2.05. The summed E-state index contributed by atoms with van der Waals surface area (Å²) in [6, 6.07) is 8.69. The van der Waals surface area contributed by atoms with Gasteiger partial charge in [-0.05, 0) is 35.9 Å². The van der Waals surface area contributed by atoms with Crippen molar-refractivity contribution < 1.29 is 4.74 Å². The van der Waals surface area contributed by atoms with E-state index in [1.165, 1.54) is 11.8 Å². The molecule has 0 spiro atoms. The van der Waals surface area contributed by atoms with Crippen LogP contribution in [0, 0.1) is 5.92 Å². The molecule has 0 radical (unpaired) electrons. The molecule has 1 fully saturated rings. The van der Waals surface area contributed by atoms with Gasteiger partial charge >= 0.3 is 0 Å². The summed E-state index contributed by atoms with van der Waals surface area (Å²) in [7, 11) is 1.69. The Morgan fingerprint density at radius 2 is 2.18 bits per heavy atom. The SMILES string of the molecule is COc1ccc2ccnc(NC3CC3C)c2c1. The molecule has 3 heteroatoms. The molecular weight excluding hydrogens is 212 g/mol. The van der Waals surface area contributed by atoms with Crippen LogP contribution in [0.15, 0.2) is 30.5 Å². The second-order valence-corrected chi connectivity index (χ2v) is 4.71. The molecule has 3 rings (SSSR count). The van der Waals surface area contributed by atoms with Gasteiger partial charge in [0.2, 0.25) is 0 Å². The zero-order valence-corrected chi connectivity index (χ0v) is 10.1. The van der Waals surface area contributed by atoms with Gasteiger partial charge in [-0.1, -0.05) is 13.0 Å². The first-order valence-electron chi connectivity index (χ1n) is 5.97. The minimum absolute atomic E-state index is 0.583. The number of benzene rings is 1. The molecule has 1 saturated carbocycles. The maximum Gasteiger partial charge on any atom is 0.134 e. The van der Waals surface area contributed by atoms with Gasteiger partial charge in [-0.25, -0.2) is 4.98 Å². The van der Waals surface area contributed by atoms with E-state index >= 15 is 0 Å². The maximum absolute atomic E-state index is 5.26. The van der Waals surface area contributed by atoms with E-state index < -0.39 is 0 Å². The van der Waals surface area contributed by atoms with Crippen molar-refractivity contribution in [3.8, 4) is 5.75 Å². The number of nitrogens with one attached hydrogen (secondary N) is 1. The molecule has 1 aromatic heterocycles. The van der Waals surface area contributed by atoms with Crippen molar-refractivity contribution in [2.24, 2.45) is 5.92 Å². The summed E-state index contributed by atoms with van der Waals surface area (Å²) in [5.41, 5.74) is 0. The molecule has 3 nitrogen and oxygen atoms in total. The number of hydrogen-bond donors (Lipinski definition) is 1. The lowest BCUT2D eigenvalue weighted by atomic mass is 10.1. The highest BCUT2D eigenvalue weighted by Gasteiger charge is 2.32. The third kappa shape index (κ3) is 1.93. The molecule has 88 valence electrons. The minimum atomic E-state index is 0.583. The molecule has 0 bridgehead atoms. The predicted octanol–water partition coefficient (Wildman–Crippen LogP) is 3.06. The van der Waals surface area contributed by atoms with Crippen LogP contribution in [-0.2, 0) is 0 Å². The molecular formula is C14H16N2O. The van der Waals surface area contributed by atoms with Crippen molar-refractivity contribution in [2.75, 3.05) is 12.4 Å². The first kappa shape index (κ1) is 10.4. The largest absolute Gasteiger partial charge is 0.497 e. The molecule has 2 aromatic rings. The number of anilines is 1. The van der Waals surface area contributed by atoms with Crippen LogP contribution in [0.25, 0.3) is 10.8 Å². The van der Waals surface area contributed by atoms with Crippen LogP contribution in [-0.4, -0.2) is 18.1 Å². The first-order chi connectivity index (χ1) is 8.28. The van der Waals surface area contributed by atoms with E-state index in [1.807, 2.05) is 24.4 Å². The van der Waals surface area contributed by atoms with Gasteiger partial charge in [-0.15, -0.1) is 0 Å². The average Bonchev–Trinajstić information content (AvgIpc) is 3.05. The van der Waals surface area contributed by atoms with Crippen molar-refractivity contribution >= 4 is 16.6 Å². The van der Waals surface area contributed by atoms with Crippen LogP contribution >= 0.6 is 0 Å². The van der Waals surface area contributed by atoms with Gasteiger partial charge in [0.1, 0.15) is 11.6 Å². The molecule has 0 amide bonds. The standard InChI is InChI=1S/C14H16N2O/c1-9-7-13(9)16-14-12-8-11(17-2)4-3-10(12)5-6-15-14/h3-6,8-9,13H,7H2,1-2H3,(H,15,16). The Kier molecular flexibility index (Phi) is 2.39. The maximum atomic E-state index is 5.26. The Morgan fingerprint density at radius 3 is 2.88 bits per heavy atom. The number of fused-ring (bicyclic) bond motifs is 1. The Morgan fingerprint density at radius 1 is 1.35 bits per heavy atom. The summed E-state index contributed by atoms with van der Waals surface area (Å²) in [4.78, 5) is 4.43. The van der Waals surface area contributed by atoms with E-state index in [0.717, 1.165) is 22.9 Å². The Hall–Kier alpha value is -1.77.